The van der Waals surface area contributed by atoms with Gasteiger partial charge in [0.05, 0.1) is 0 Å². The van der Waals surface area contributed by atoms with E-state index in [0.29, 0.717) is 18.8 Å². The number of amides is 1. The first-order valence-corrected chi connectivity index (χ1v) is 8.19. The van der Waals surface area contributed by atoms with Gasteiger partial charge in [-0.05, 0) is 36.2 Å². The number of nitrogens with one attached hydrogen (secondary N) is 2. The number of anilines is 2. The van der Waals surface area contributed by atoms with Gasteiger partial charge in [0.1, 0.15) is 22.4 Å². The summed E-state index contributed by atoms with van der Waals surface area (Å²) in [5.41, 5.74) is 0. The molecular weight excluding hydrogens is 334 g/mol. The lowest BCUT2D eigenvalue weighted by Gasteiger charge is -2.18. The van der Waals surface area contributed by atoms with E-state index in [0.717, 1.165) is 36.3 Å². The summed E-state index contributed by atoms with van der Waals surface area (Å²) in [6, 6.07) is 0. The van der Waals surface area contributed by atoms with E-state index in [-0.39, 0.29) is 5.91 Å². The number of rotatable bonds is 9. The Labute approximate surface area is 134 Å². The molecule has 7 heteroatoms. The van der Waals surface area contributed by atoms with Crippen molar-refractivity contribution in [2.75, 3.05) is 36.8 Å². The zero-order valence-corrected chi connectivity index (χ0v) is 14.5. The van der Waals surface area contributed by atoms with E-state index in [1.807, 2.05) is 18.7 Å². The molecule has 0 aliphatic heterocycles. The fourth-order valence-corrected chi connectivity index (χ4v) is 2.37. The molecule has 1 aromatic rings. The SMILES string of the molecule is CCCNc1ncnc(NCCC(=O)N(CC)CC)c1Br. The minimum Gasteiger partial charge on any atom is -0.369 e. The van der Waals surface area contributed by atoms with E-state index in [4.69, 9.17) is 0 Å². The minimum atomic E-state index is 0.155. The molecule has 1 rings (SSSR count). The van der Waals surface area contributed by atoms with Crippen LogP contribution in [0.2, 0.25) is 0 Å². The molecule has 1 aromatic heterocycles. The van der Waals surface area contributed by atoms with Gasteiger partial charge in [-0.15, -0.1) is 0 Å². The van der Waals surface area contributed by atoms with Crippen molar-refractivity contribution in [3.8, 4) is 0 Å². The van der Waals surface area contributed by atoms with E-state index >= 15 is 0 Å². The van der Waals surface area contributed by atoms with Gasteiger partial charge >= 0.3 is 0 Å². The van der Waals surface area contributed by atoms with Crippen LogP contribution in [0.25, 0.3) is 0 Å². The molecule has 0 aromatic carbocycles. The molecule has 2 N–H and O–H groups in total. The second-order valence-corrected chi connectivity index (χ2v) is 5.35. The predicted molar refractivity (Wildman–Crippen MR) is 89.5 cm³/mol. The van der Waals surface area contributed by atoms with Crippen LogP contribution in [0.15, 0.2) is 10.8 Å². The van der Waals surface area contributed by atoms with Crippen LogP contribution in [0, 0.1) is 0 Å². The number of hydrogen-bond acceptors (Lipinski definition) is 5. The Morgan fingerprint density at radius 2 is 1.71 bits per heavy atom. The van der Waals surface area contributed by atoms with Gasteiger partial charge in [0.25, 0.3) is 0 Å². The van der Waals surface area contributed by atoms with Crippen LogP contribution in [0.3, 0.4) is 0 Å². The zero-order valence-electron chi connectivity index (χ0n) is 12.9. The number of halogens is 1. The highest BCUT2D eigenvalue weighted by molar-refractivity contribution is 9.10. The van der Waals surface area contributed by atoms with Gasteiger partial charge in [-0.25, -0.2) is 9.97 Å². The lowest BCUT2D eigenvalue weighted by molar-refractivity contribution is -0.130. The third-order valence-electron chi connectivity index (χ3n) is 3.08. The van der Waals surface area contributed by atoms with Crippen LogP contribution >= 0.6 is 15.9 Å². The molecule has 0 atom stereocenters. The zero-order chi connectivity index (χ0) is 15.7. The second kappa shape index (κ2) is 9.55. The fraction of sp³-hybridized carbons (Fsp3) is 0.643. The van der Waals surface area contributed by atoms with Gasteiger partial charge in [0, 0.05) is 32.6 Å². The molecule has 21 heavy (non-hydrogen) atoms. The van der Waals surface area contributed by atoms with E-state index in [1.165, 1.54) is 6.33 Å². The Morgan fingerprint density at radius 3 is 2.24 bits per heavy atom. The first-order valence-electron chi connectivity index (χ1n) is 7.39. The highest BCUT2D eigenvalue weighted by atomic mass is 79.9. The second-order valence-electron chi connectivity index (χ2n) is 4.55. The number of aromatic nitrogens is 2. The van der Waals surface area contributed by atoms with Crippen molar-refractivity contribution in [2.24, 2.45) is 0 Å². The molecule has 6 nitrogen and oxygen atoms in total. The molecule has 0 fully saturated rings. The molecule has 1 heterocycles. The molecule has 0 spiro atoms. The summed E-state index contributed by atoms with van der Waals surface area (Å²) in [5, 5.41) is 6.40. The van der Waals surface area contributed by atoms with Gasteiger partial charge in [-0.2, -0.15) is 0 Å². The van der Waals surface area contributed by atoms with Crippen molar-refractivity contribution in [3.63, 3.8) is 0 Å². The van der Waals surface area contributed by atoms with Gasteiger partial charge in [0.15, 0.2) is 0 Å². The molecule has 118 valence electrons. The molecular formula is C14H24BrN5O. The molecule has 0 unspecified atom stereocenters. The number of hydrogen-bond donors (Lipinski definition) is 2. The summed E-state index contributed by atoms with van der Waals surface area (Å²) in [4.78, 5) is 22.1. The minimum absolute atomic E-state index is 0.155. The van der Waals surface area contributed by atoms with Crippen LogP contribution in [0.5, 0.6) is 0 Å². The Bertz CT molecular complexity index is 451. The van der Waals surface area contributed by atoms with Crippen LogP contribution in [-0.2, 0) is 4.79 Å². The maximum atomic E-state index is 11.9. The van der Waals surface area contributed by atoms with E-state index < -0.39 is 0 Å². The third-order valence-corrected chi connectivity index (χ3v) is 3.83. The van der Waals surface area contributed by atoms with Gasteiger partial charge < -0.3 is 15.5 Å². The van der Waals surface area contributed by atoms with Gasteiger partial charge in [0.2, 0.25) is 5.91 Å². The number of carbonyl (C=O) groups is 1. The Kier molecular flexibility index (Phi) is 8.04. The smallest absolute Gasteiger partial charge is 0.224 e. The molecule has 0 saturated heterocycles. The van der Waals surface area contributed by atoms with Crippen LogP contribution in [0.4, 0.5) is 11.6 Å². The highest BCUT2D eigenvalue weighted by Gasteiger charge is 2.11. The first-order chi connectivity index (χ1) is 10.1. The molecule has 0 aliphatic rings. The molecule has 0 saturated carbocycles. The average molecular weight is 358 g/mol. The standard InChI is InChI=1S/C14H24BrN5O/c1-4-8-16-13-12(15)14(19-10-18-13)17-9-7-11(21)20(5-2)6-3/h10H,4-9H2,1-3H3,(H2,16,17,18,19). The largest absolute Gasteiger partial charge is 0.369 e. The maximum absolute atomic E-state index is 11.9. The van der Waals surface area contributed by atoms with Crippen molar-refractivity contribution in [2.45, 2.75) is 33.6 Å². The quantitative estimate of drug-likeness (QED) is 0.710. The van der Waals surface area contributed by atoms with Crippen molar-refractivity contribution in [1.82, 2.24) is 14.9 Å². The topological polar surface area (TPSA) is 70.1 Å². The van der Waals surface area contributed by atoms with Crippen molar-refractivity contribution >= 4 is 33.5 Å². The monoisotopic (exact) mass is 357 g/mol. The highest BCUT2D eigenvalue weighted by Crippen LogP contribution is 2.26. The summed E-state index contributed by atoms with van der Waals surface area (Å²) in [5.74, 6) is 1.63. The maximum Gasteiger partial charge on any atom is 0.224 e. The predicted octanol–water partition coefficient (Wildman–Crippen LogP) is 2.73. The average Bonchev–Trinajstić information content (AvgIpc) is 2.49. The lowest BCUT2D eigenvalue weighted by atomic mass is 10.3. The van der Waals surface area contributed by atoms with Gasteiger partial charge in [-0.3, -0.25) is 4.79 Å². The number of nitrogens with zero attached hydrogens (tertiary/aromatic N) is 3. The summed E-state index contributed by atoms with van der Waals surface area (Å²) in [6.45, 7) is 8.98. The summed E-state index contributed by atoms with van der Waals surface area (Å²) >= 11 is 3.49. The number of carbonyl (C=O) groups excluding carboxylic acids is 1. The molecule has 1 amide bonds. The third kappa shape index (κ3) is 5.49. The fourth-order valence-electron chi connectivity index (χ4n) is 1.88. The Balaban J connectivity index is 2.54. The van der Waals surface area contributed by atoms with Crippen LogP contribution in [0.1, 0.15) is 33.6 Å². The normalized spacial score (nSPS) is 10.3. The first kappa shape index (κ1) is 17.7. The van der Waals surface area contributed by atoms with Gasteiger partial charge in [-0.1, -0.05) is 6.92 Å². The Hall–Kier alpha value is -1.37. The van der Waals surface area contributed by atoms with E-state index in [2.05, 4.69) is 43.5 Å². The van der Waals surface area contributed by atoms with Crippen molar-refractivity contribution in [1.29, 1.82) is 0 Å². The van der Waals surface area contributed by atoms with E-state index in [1.54, 1.807) is 0 Å². The summed E-state index contributed by atoms with van der Waals surface area (Å²) in [7, 11) is 0. The van der Waals surface area contributed by atoms with Crippen LogP contribution < -0.4 is 10.6 Å². The summed E-state index contributed by atoms with van der Waals surface area (Å²) < 4.78 is 0.800. The van der Waals surface area contributed by atoms with Crippen molar-refractivity contribution in [3.05, 3.63) is 10.8 Å². The van der Waals surface area contributed by atoms with Crippen molar-refractivity contribution < 1.29 is 4.79 Å². The van der Waals surface area contributed by atoms with E-state index in [9.17, 15) is 4.79 Å². The molecule has 0 bridgehead atoms. The molecule has 0 aliphatic carbocycles. The van der Waals surface area contributed by atoms with Crippen LogP contribution in [-0.4, -0.2) is 47.0 Å². The summed E-state index contributed by atoms with van der Waals surface area (Å²) in [6.07, 6.45) is 2.99. The Morgan fingerprint density at radius 1 is 1.14 bits per heavy atom. The lowest BCUT2D eigenvalue weighted by Crippen LogP contribution is -2.31. The molecule has 0 radical (unpaired) electrons.